The van der Waals surface area contributed by atoms with E-state index in [1.54, 1.807) is 48.5 Å². The lowest BCUT2D eigenvalue weighted by atomic mass is 9.99. The van der Waals surface area contributed by atoms with Gasteiger partial charge in [-0.3, -0.25) is 14.9 Å². The van der Waals surface area contributed by atoms with Gasteiger partial charge in [-0.05, 0) is 71.7 Å². The third kappa shape index (κ3) is 7.25. The summed E-state index contributed by atoms with van der Waals surface area (Å²) in [7, 11) is 3.06. The number of hydrogen-bond acceptors (Lipinski definition) is 8. The number of fused-ring (bicyclic) bond motifs is 4. The van der Waals surface area contributed by atoms with E-state index in [1.165, 1.54) is 24.2 Å². The molecular weight excluding hydrogens is 574 g/mol. The maximum Gasteiger partial charge on any atom is 0.411 e. The number of amides is 3. The van der Waals surface area contributed by atoms with Gasteiger partial charge in [-0.2, -0.15) is 4.68 Å². The molecule has 222 valence electrons. The number of H-pyrrole nitrogens is 1. The molecule has 14 heteroatoms. The third-order valence-corrected chi connectivity index (χ3v) is 7.30. The number of rotatable bonds is 5. The number of methoxy groups -OCH3 is 1. The van der Waals surface area contributed by atoms with Crippen molar-refractivity contribution in [1.82, 2.24) is 40.4 Å². The smallest absolute Gasteiger partial charge is 0.411 e. The Kier molecular flexibility index (Phi) is 9.11. The average Bonchev–Trinajstić information content (AvgIpc) is 3.71. The quantitative estimate of drug-likeness (QED) is 0.289. The number of carbonyl (C=O) groups is 3. The molecule has 0 spiro atoms. The first-order chi connectivity index (χ1) is 20.8. The first kappa shape index (κ1) is 29.5. The number of aromatic amines is 1. The Bertz CT molecular complexity index is 1650. The van der Waals surface area contributed by atoms with Crippen LogP contribution in [0.3, 0.4) is 0 Å². The van der Waals surface area contributed by atoms with Crippen LogP contribution in [-0.2, 0) is 20.7 Å². The summed E-state index contributed by atoms with van der Waals surface area (Å²) in [5.41, 5.74) is 4.52. The molecule has 0 aliphatic carbocycles. The zero-order valence-corrected chi connectivity index (χ0v) is 24.3. The summed E-state index contributed by atoms with van der Waals surface area (Å²) >= 11 is 6.20. The van der Waals surface area contributed by atoms with Gasteiger partial charge in [-0.25, -0.2) is 9.78 Å². The van der Waals surface area contributed by atoms with Crippen molar-refractivity contribution >= 4 is 41.3 Å². The van der Waals surface area contributed by atoms with Crippen LogP contribution in [0.2, 0.25) is 5.02 Å². The van der Waals surface area contributed by atoms with Crippen LogP contribution in [0.25, 0.3) is 23.0 Å². The van der Waals surface area contributed by atoms with E-state index in [2.05, 4.69) is 36.1 Å². The minimum absolute atomic E-state index is 0.0188. The minimum atomic E-state index is -0.719. The fourth-order valence-corrected chi connectivity index (χ4v) is 5.00. The van der Waals surface area contributed by atoms with Gasteiger partial charge < -0.3 is 19.9 Å². The molecule has 2 bridgehead atoms. The van der Waals surface area contributed by atoms with Crippen LogP contribution in [0, 0.1) is 0 Å². The largest absolute Gasteiger partial charge is 0.453 e. The molecule has 1 aliphatic rings. The number of tetrazole rings is 1. The summed E-state index contributed by atoms with van der Waals surface area (Å²) < 4.78 is 6.19. The summed E-state index contributed by atoms with van der Waals surface area (Å²) in [6.07, 6.45) is 7.90. The zero-order chi connectivity index (χ0) is 30.3. The predicted octanol–water partition coefficient (Wildman–Crippen LogP) is 3.94. The van der Waals surface area contributed by atoms with Gasteiger partial charge in [0.25, 0.3) is 0 Å². The maximum absolute atomic E-state index is 13.2. The van der Waals surface area contributed by atoms with Crippen molar-refractivity contribution in [3.05, 3.63) is 77.0 Å². The highest BCUT2D eigenvalue weighted by atomic mass is 35.5. The topological polar surface area (TPSA) is 160 Å². The lowest BCUT2D eigenvalue weighted by molar-refractivity contribution is -0.130. The molecule has 43 heavy (non-hydrogen) atoms. The Labute approximate surface area is 252 Å². The number of halogens is 1. The molecule has 2 aromatic carbocycles. The summed E-state index contributed by atoms with van der Waals surface area (Å²) in [6.45, 7) is 0.562. The van der Waals surface area contributed by atoms with Crippen molar-refractivity contribution in [2.75, 3.05) is 26.0 Å². The molecule has 0 fully saturated rings. The van der Waals surface area contributed by atoms with Crippen LogP contribution in [0.1, 0.15) is 42.3 Å². The Balaban J connectivity index is 1.42. The molecule has 3 amide bonds. The van der Waals surface area contributed by atoms with Gasteiger partial charge in [-0.1, -0.05) is 17.7 Å². The maximum atomic E-state index is 13.2. The molecular formula is C29H30ClN9O4. The Morgan fingerprint density at radius 3 is 2.84 bits per heavy atom. The number of hydrogen-bond donors (Lipinski definition) is 3. The van der Waals surface area contributed by atoms with E-state index in [0.29, 0.717) is 34.3 Å². The molecule has 0 saturated carbocycles. The predicted molar refractivity (Wildman–Crippen MR) is 159 cm³/mol. The molecule has 3 heterocycles. The molecule has 13 nitrogen and oxygen atoms in total. The number of nitrogens with one attached hydrogen (secondary N) is 3. The van der Waals surface area contributed by atoms with Crippen LogP contribution in [0.15, 0.2) is 55.0 Å². The lowest BCUT2D eigenvalue weighted by Crippen LogP contribution is -2.35. The number of aryl methyl sites for hydroxylation is 1. The molecule has 2 aromatic heterocycles. The van der Waals surface area contributed by atoms with E-state index in [0.717, 1.165) is 36.1 Å². The van der Waals surface area contributed by atoms with Gasteiger partial charge in [0.1, 0.15) is 12.2 Å². The Morgan fingerprint density at radius 2 is 2.05 bits per heavy atom. The first-order valence-electron chi connectivity index (χ1n) is 13.6. The molecule has 0 radical (unpaired) electrons. The van der Waals surface area contributed by atoms with Crippen LogP contribution in [-0.4, -0.2) is 73.7 Å². The van der Waals surface area contributed by atoms with Crippen molar-refractivity contribution in [2.45, 2.75) is 31.7 Å². The summed E-state index contributed by atoms with van der Waals surface area (Å²) in [4.78, 5) is 47.6. The van der Waals surface area contributed by atoms with Crippen LogP contribution >= 0.6 is 11.6 Å². The average molecular weight is 604 g/mol. The molecule has 5 rings (SSSR count). The van der Waals surface area contributed by atoms with Crippen molar-refractivity contribution in [3.8, 4) is 16.9 Å². The van der Waals surface area contributed by atoms with E-state index in [9.17, 15) is 14.4 Å². The first-order valence-corrected chi connectivity index (χ1v) is 14.0. The van der Waals surface area contributed by atoms with Crippen LogP contribution in [0.5, 0.6) is 0 Å². The summed E-state index contributed by atoms with van der Waals surface area (Å²) in [6, 6.07) is 10.0. The SMILES string of the molecule is COC(=O)Nc1ccc2c(c1)CCCCN(C)C(=O)CC(NC(=O)C=Cc1cc(Cl)ccc1-n1cnnn1)c1ncc-2[nH]1. The molecule has 1 aliphatic heterocycles. The molecule has 3 N–H and O–H groups in total. The summed E-state index contributed by atoms with van der Waals surface area (Å²) in [5, 5.41) is 17.4. The Hall–Kier alpha value is -5.04. The highest BCUT2D eigenvalue weighted by Gasteiger charge is 2.24. The van der Waals surface area contributed by atoms with E-state index in [4.69, 9.17) is 16.3 Å². The normalized spacial score (nSPS) is 15.7. The van der Waals surface area contributed by atoms with Gasteiger partial charge >= 0.3 is 6.09 Å². The number of nitrogens with zero attached hydrogens (tertiary/aromatic N) is 6. The van der Waals surface area contributed by atoms with E-state index in [-0.39, 0.29) is 12.3 Å². The van der Waals surface area contributed by atoms with Gasteiger partial charge in [0.2, 0.25) is 11.8 Å². The minimum Gasteiger partial charge on any atom is -0.453 e. The molecule has 1 unspecified atom stereocenters. The second-order valence-corrected chi connectivity index (χ2v) is 10.4. The fraction of sp³-hybridized carbons (Fsp3) is 0.276. The van der Waals surface area contributed by atoms with E-state index < -0.39 is 18.0 Å². The van der Waals surface area contributed by atoms with E-state index in [1.807, 2.05) is 12.1 Å². The highest BCUT2D eigenvalue weighted by molar-refractivity contribution is 6.30. The molecule has 1 atom stereocenters. The monoisotopic (exact) mass is 603 g/mol. The molecule has 4 aromatic rings. The Morgan fingerprint density at radius 1 is 1.19 bits per heavy atom. The van der Waals surface area contributed by atoms with Crippen molar-refractivity contribution < 1.29 is 19.1 Å². The highest BCUT2D eigenvalue weighted by Crippen LogP contribution is 2.29. The number of carbonyl (C=O) groups excluding carboxylic acids is 3. The van der Waals surface area contributed by atoms with Gasteiger partial charge in [0, 0.05) is 41.5 Å². The number of ether oxygens (including phenoxy) is 1. The third-order valence-electron chi connectivity index (χ3n) is 7.06. The number of anilines is 1. The second kappa shape index (κ2) is 13.3. The zero-order valence-electron chi connectivity index (χ0n) is 23.6. The van der Waals surface area contributed by atoms with Gasteiger partial charge in [0.15, 0.2) is 0 Å². The van der Waals surface area contributed by atoms with Gasteiger partial charge in [0.05, 0.1) is 37.2 Å². The van der Waals surface area contributed by atoms with E-state index >= 15 is 0 Å². The van der Waals surface area contributed by atoms with Crippen molar-refractivity contribution in [1.29, 1.82) is 0 Å². The lowest BCUT2D eigenvalue weighted by Gasteiger charge is -2.21. The number of imidazole rings is 1. The fourth-order valence-electron chi connectivity index (χ4n) is 4.82. The van der Waals surface area contributed by atoms with Crippen molar-refractivity contribution in [3.63, 3.8) is 0 Å². The summed E-state index contributed by atoms with van der Waals surface area (Å²) in [5.74, 6) is -0.105. The standard InChI is InChI=1S/C29H30ClN9O4/c1-38-12-4-3-5-18-14-21(33-29(42)43-2)8-9-22(18)24-16-31-28(35-24)23(15-27(38)41)34-26(40)11-6-19-13-20(30)7-10-25(19)39-17-32-36-37-39/h6-11,13-14,16-17,23H,3-5,12,15H2,1-2H3,(H,31,35)(H,33,42)(H,34,40). The van der Waals surface area contributed by atoms with Gasteiger partial charge in [-0.15, -0.1) is 5.10 Å². The number of benzene rings is 2. The molecule has 0 saturated heterocycles. The number of aromatic nitrogens is 6. The van der Waals surface area contributed by atoms with Crippen LogP contribution in [0.4, 0.5) is 10.5 Å². The van der Waals surface area contributed by atoms with Crippen molar-refractivity contribution in [2.24, 2.45) is 0 Å². The van der Waals surface area contributed by atoms with Crippen LogP contribution < -0.4 is 10.6 Å². The second-order valence-electron chi connectivity index (χ2n) is 10.00.